The molecule has 4 nitrogen and oxygen atoms in total. The van der Waals surface area contributed by atoms with Crippen LogP contribution in [-0.4, -0.2) is 31.2 Å². The minimum atomic E-state index is -3.12. The van der Waals surface area contributed by atoms with Crippen molar-refractivity contribution >= 4 is 26.5 Å². The summed E-state index contributed by atoms with van der Waals surface area (Å²) < 4.78 is 22.1. The maximum atomic E-state index is 12.0. The smallest absolute Gasteiger partial charge is 0.164 e. The molecule has 0 N–H and O–H groups in total. The molecule has 0 radical (unpaired) electrons. The van der Waals surface area contributed by atoms with E-state index in [9.17, 15) is 13.2 Å². The lowest BCUT2D eigenvalue weighted by Crippen LogP contribution is -2.10. The summed E-state index contributed by atoms with van der Waals surface area (Å²) in [4.78, 5) is 16.2. The van der Waals surface area contributed by atoms with Gasteiger partial charge in [-0.1, -0.05) is 18.2 Å². The standard InChI is InChI=1S/C13H13NO3S/c1-18(16,17)9-7-13(15)11-6-8-14-12-5-3-2-4-10(11)12/h2-6,8H,7,9H2,1H3. The largest absolute Gasteiger partial charge is 0.294 e. The number of sulfone groups is 1. The van der Waals surface area contributed by atoms with E-state index >= 15 is 0 Å². The van der Waals surface area contributed by atoms with Crippen molar-refractivity contribution in [2.24, 2.45) is 0 Å². The number of fused-ring (bicyclic) bond motifs is 1. The molecule has 1 aromatic heterocycles. The van der Waals surface area contributed by atoms with Crippen LogP contribution in [0, 0.1) is 0 Å². The Hall–Kier alpha value is -1.75. The van der Waals surface area contributed by atoms with Gasteiger partial charge in [-0.05, 0) is 12.1 Å². The lowest BCUT2D eigenvalue weighted by molar-refractivity contribution is 0.0990. The van der Waals surface area contributed by atoms with E-state index in [0.717, 1.165) is 17.2 Å². The zero-order valence-electron chi connectivity index (χ0n) is 9.96. The fraction of sp³-hybridized carbons (Fsp3) is 0.231. The average molecular weight is 263 g/mol. The zero-order valence-corrected chi connectivity index (χ0v) is 10.8. The summed E-state index contributed by atoms with van der Waals surface area (Å²) in [7, 11) is -3.12. The Morgan fingerprint density at radius 2 is 1.94 bits per heavy atom. The number of para-hydroxylation sites is 1. The molecule has 0 atom stereocenters. The van der Waals surface area contributed by atoms with Crippen molar-refractivity contribution in [3.63, 3.8) is 0 Å². The van der Waals surface area contributed by atoms with E-state index in [1.807, 2.05) is 24.3 Å². The maximum Gasteiger partial charge on any atom is 0.164 e. The summed E-state index contributed by atoms with van der Waals surface area (Å²) in [6, 6.07) is 8.95. The predicted molar refractivity (Wildman–Crippen MR) is 70.4 cm³/mol. The van der Waals surface area contributed by atoms with Gasteiger partial charge < -0.3 is 0 Å². The minimum Gasteiger partial charge on any atom is -0.294 e. The van der Waals surface area contributed by atoms with Crippen LogP contribution in [0.5, 0.6) is 0 Å². The first-order valence-corrected chi connectivity index (χ1v) is 7.58. The number of benzene rings is 1. The number of hydrogen-bond acceptors (Lipinski definition) is 4. The first kappa shape index (κ1) is 12.7. The maximum absolute atomic E-state index is 12.0. The van der Waals surface area contributed by atoms with Gasteiger partial charge in [0.15, 0.2) is 5.78 Å². The molecule has 0 aliphatic heterocycles. The van der Waals surface area contributed by atoms with Gasteiger partial charge in [-0.15, -0.1) is 0 Å². The molecule has 0 spiro atoms. The van der Waals surface area contributed by atoms with Crippen molar-refractivity contribution in [1.82, 2.24) is 4.98 Å². The van der Waals surface area contributed by atoms with Crippen LogP contribution in [0.1, 0.15) is 16.8 Å². The van der Waals surface area contributed by atoms with Gasteiger partial charge in [0.2, 0.25) is 0 Å². The number of nitrogens with zero attached hydrogens (tertiary/aromatic N) is 1. The third-order valence-corrected chi connectivity index (χ3v) is 3.60. The van der Waals surface area contributed by atoms with Crippen LogP contribution in [0.15, 0.2) is 36.5 Å². The van der Waals surface area contributed by atoms with E-state index in [2.05, 4.69) is 4.98 Å². The van der Waals surface area contributed by atoms with Gasteiger partial charge in [-0.2, -0.15) is 0 Å². The zero-order chi connectivity index (χ0) is 13.2. The van der Waals surface area contributed by atoms with E-state index in [1.54, 1.807) is 12.3 Å². The van der Waals surface area contributed by atoms with E-state index < -0.39 is 9.84 Å². The van der Waals surface area contributed by atoms with Crippen LogP contribution in [0.25, 0.3) is 10.9 Å². The van der Waals surface area contributed by atoms with Crippen molar-refractivity contribution in [1.29, 1.82) is 0 Å². The molecule has 0 aliphatic carbocycles. The fourth-order valence-corrected chi connectivity index (χ4v) is 2.31. The molecule has 1 heterocycles. The van der Waals surface area contributed by atoms with Crippen LogP contribution < -0.4 is 0 Å². The van der Waals surface area contributed by atoms with Gasteiger partial charge in [0.05, 0.1) is 11.3 Å². The molecule has 0 saturated carbocycles. The van der Waals surface area contributed by atoms with Crippen molar-refractivity contribution < 1.29 is 13.2 Å². The Morgan fingerprint density at radius 3 is 2.67 bits per heavy atom. The number of pyridine rings is 1. The van der Waals surface area contributed by atoms with Crippen molar-refractivity contribution in [2.75, 3.05) is 12.0 Å². The highest BCUT2D eigenvalue weighted by Crippen LogP contribution is 2.17. The second kappa shape index (κ2) is 4.86. The number of rotatable bonds is 4. The molecule has 2 rings (SSSR count). The van der Waals surface area contributed by atoms with Crippen molar-refractivity contribution in [2.45, 2.75) is 6.42 Å². The molecule has 0 amide bonds. The minimum absolute atomic E-state index is 0.00679. The Bertz CT molecular complexity index is 687. The molecular weight excluding hydrogens is 250 g/mol. The average Bonchev–Trinajstić information content (AvgIpc) is 2.34. The Morgan fingerprint density at radius 1 is 1.22 bits per heavy atom. The fourth-order valence-electron chi connectivity index (χ4n) is 1.75. The molecule has 18 heavy (non-hydrogen) atoms. The van der Waals surface area contributed by atoms with Crippen LogP contribution >= 0.6 is 0 Å². The summed E-state index contributed by atoms with van der Waals surface area (Å²) >= 11 is 0. The second-order valence-electron chi connectivity index (χ2n) is 4.18. The highest BCUT2D eigenvalue weighted by Gasteiger charge is 2.13. The molecule has 1 aromatic carbocycles. The highest BCUT2D eigenvalue weighted by molar-refractivity contribution is 7.90. The lowest BCUT2D eigenvalue weighted by atomic mass is 10.0. The van der Waals surface area contributed by atoms with E-state index in [4.69, 9.17) is 0 Å². The molecule has 0 bridgehead atoms. The summed E-state index contributed by atoms with van der Waals surface area (Å²) in [5, 5.41) is 0.763. The summed E-state index contributed by atoms with van der Waals surface area (Å²) in [5.74, 6) is -0.290. The topological polar surface area (TPSA) is 64.1 Å². The summed E-state index contributed by atoms with van der Waals surface area (Å²) in [6.45, 7) is 0. The molecule has 2 aromatic rings. The van der Waals surface area contributed by atoms with Crippen molar-refractivity contribution in [3.8, 4) is 0 Å². The number of hydrogen-bond donors (Lipinski definition) is 0. The molecule has 0 unspecified atom stereocenters. The highest BCUT2D eigenvalue weighted by atomic mass is 32.2. The number of carbonyl (C=O) groups is 1. The number of ketones is 1. The van der Waals surface area contributed by atoms with Gasteiger partial charge >= 0.3 is 0 Å². The van der Waals surface area contributed by atoms with Gasteiger partial charge in [0, 0.05) is 29.8 Å². The van der Waals surface area contributed by atoms with E-state index in [0.29, 0.717) is 5.56 Å². The van der Waals surface area contributed by atoms with Crippen LogP contribution in [-0.2, 0) is 9.84 Å². The lowest BCUT2D eigenvalue weighted by Gasteiger charge is -2.04. The van der Waals surface area contributed by atoms with E-state index in [1.165, 1.54) is 0 Å². The molecule has 0 fully saturated rings. The quantitative estimate of drug-likeness (QED) is 0.790. The monoisotopic (exact) mass is 263 g/mol. The molecule has 0 saturated heterocycles. The number of Topliss-reactive ketones (excluding diaryl/α,β-unsaturated/α-hetero) is 1. The third kappa shape index (κ3) is 2.92. The van der Waals surface area contributed by atoms with Gasteiger partial charge in [0.25, 0.3) is 0 Å². The Kier molecular flexibility index (Phi) is 3.43. The summed E-state index contributed by atoms with van der Waals surface area (Å²) in [6.07, 6.45) is 2.70. The molecule has 5 heteroatoms. The first-order valence-electron chi connectivity index (χ1n) is 5.52. The second-order valence-corrected chi connectivity index (χ2v) is 6.44. The summed E-state index contributed by atoms with van der Waals surface area (Å²) in [5.41, 5.74) is 1.27. The van der Waals surface area contributed by atoms with Crippen LogP contribution in [0.2, 0.25) is 0 Å². The van der Waals surface area contributed by atoms with Crippen LogP contribution in [0.3, 0.4) is 0 Å². The van der Waals surface area contributed by atoms with Gasteiger partial charge in [-0.25, -0.2) is 8.42 Å². The SMILES string of the molecule is CS(=O)(=O)CCC(=O)c1ccnc2ccccc12. The van der Waals surface area contributed by atoms with Gasteiger partial charge in [0.1, 0.15) is 9.84 Å². The number of aromatic nitrogens is 1. The first-order chi connectivity index (χ1) is 8.47. The molecule has 0 aliphatic rings. The van der Waals surface area contributed by atoms with Crippen LogP contribution in [0.4, 0.5) is 0 Å². The Labute approximate surface area is 106 Å². The molecular formula is C13H13NO3S. The molecule has 94 valence electrons. The van der Waals surface area contributed by atoms with Gasteiger partial charge in [-0.3, -0.25) is 9.78 Å². The Balaban J connectivity index is 2.34. The van der Waals surface area contributed by atoms with Crippen molar-refractivity contribution in [3.05, 3.63) is 42.1 Å². The third-order valence-electron chi connectivity index (χ3n) is 2.65. The normalized spacial score (nSPS) is 11.6. The van der Waals surface area contributed by atoms with E-state index in [-0.39, 0.29) is 18.0 Å². The number of carbonyl (C=O) groups excluding carboxylic acids is 1. The predicted octanol–water partition coefficient (Wildman–Crippen LogP) is 1.85.